The normalized spacial score (nSPS) is 11.3. The maximum Gasteiger partial charge on any atom is 0.271 e. The first-order chi connectivity index (χ1) is 13.9. The van der Waals surface area contributed by atoms with Gasteiger partial charge in [0.25, 0.3) is 5.69 Å². The van der Waals surface area contributed by atoms with Crippen LogP contribution in [0.5, 0.6) is 11.5 Å². The third-order valence-electron chi connectivity index (χ3n) is 4.15. The van der Waals surface area contributed by atoms with E-state index in [9.17, 15) is 20.3 Å². The Bertz CT molecular complexity index is 1250. The molecule has 9 heteroatoms. The lowest BCUT2D eigenvalue weighted by Gasteiger charge is -2.04. The van der Waals surface area contributed by atoms with Gasteiger partial charge >= 0.3 is 0 Å². The molecule has 0 amide bonds. The van der Waals surface area contributed by atoms with E-state index in [1.54, 1.807) is 12.1 Å². The van der Waals surface area contributed by atoms with Gasteiger partial charge in [-0.1, -0.05) is 12.1 Å². The molecule has 0 saturated carbocycles. The summed E-state index contributed by atoms with van der Waals surface area (Å²) < 4.78 is 1.20. The number of phenols is 2. The predicted octanol–water partition coefficient (Wildman–Crippen LogP) is 5.80. The molecule has 0 spiro atoms. The van der Waals surface area contributed by atoms with E-state index >= 15 is 0 Å². The van der Waals surface area contributed by atoms with E-state index in [1.807, 2.05) is 24.3 Å². The quantitative estimate of drug-likeness (QED) is 0.223. The molecule has 0 atom stereocenters. The number of non-ortho nitro benzene ring substituents is 1. The van der Waals surface area contributed by atoms with Gasteiger partial charge in [-0.3, -0.25) is 15.1 Å². The number of benzene rings is 3. The number of aromatic nitrogens is 1. The van der Waals surface area contributed by atoms with E-state index in [0.717, 1.165) is 10.2 Å². The topological polar surface area (TPSA) is 109 Å². The summed E-state index contributed by atoms with van der Waals surface area (Å²) in [5.41, 5.74) is 1.90. The molecule has 0 aliphatic carbocycles. The number of aromatic hydroxyl groups is 2. The number of fused-ring (bicyclic) bond motifs is 1. The lowest BCUT2D eigenvalue weighted by atomic mass is 10.1. The summed E-state index contributed by atoms with van der Waals surface area (Å²) in [7, 11) is 0. The summed E-state index contributed by atoms with van der Waals surface area (Å²) in [6, 6.07) is 14.9. The van der Waals surface area contributed by atoms with E-state index in [1.165, 1.54) is 35.8 Å². The molecule has 0 aliphatic rings. The summed E-state index contributed by atoms with van der Waals surface area (Å²) in [5.74, 6) is -0.0755. The molecular formula is C20H12BrN3O4S. The standard InChI is InChI=1S/C20H12BrN3O4S/c21-15-9-13(24(27)28)7-11(19(15)26)10-22-12-5-6-17(25)14(8-12)20-23-16-3-1-2-4-18(16)29-20/h1-10,25-26H. The van der Waals surface area contributed by atoms with Gasteiger partial charge in [0, 0.05) is 23.9 Å². The Morgan fingerprint density at radius 3 is 2.69 bits per heavy atom. The van der Waals surface area contributed by atoms with Crippen LogP contribution in [-0.4, -0.2) is 26.3 Å². The first-order valence-electron chi connectivity index (χ1n) is 8.32. The summed E-state index contributed by atoms with van der Waals surface area (Å²) in [6.45, 7) is 0. The van der Waals surface area contributed by atoms with Crippen LogP contribution in [0.1, 0.15) is 5.56 Å². The highest BCUT2D eigenvalue weighted by molar-refractivity contribution is 9.10. The molecule has 4 rings (SSSR count). The van der Waals surface area contributed by atoms with Crippen LogP contribution in [0.4, 0.5) is 11.4 Å². The van der Waals surface area contributed by atoms with E-state index < -0.39 is 4.92 Å². The summed E-state index contributed by atoms with van der Waals surface area (Å²) in [5, 5.41) is 32.1. The zero-order valence-corrected chi connectivity index (χ0v) is 17.0. The summed E-state index contributed by atoms with van der Waals surface area (Å²) in [4.78, 5) is 19.3. The number of para-hydroxylation sites is 1. The molecule has 0 bridgehead atoms. The highest BCUT2D eigenvalue weighted by atomic mass is 79.9. The predicted molar refractivity (Wildman–Crippen MR) is 116 cm³/mol. The third-order valence-corrected chi connectivity index (χ3v) is 5.82. The van der Waals surface area contributed by atoms with E-state index in [2.05, 4.69) is 25.9 Å². The van der Waals surface area contributed by atoms with Crippen LogP contribution in [0, 0.1) is 10.1 Å². The molecule has 0 saturated heterocycles. The number of aliphatic imine (C=N–C) groups is 1. The smallest absolute Gasteiger partial charge is 0.271 e. The number of halogens is 1. The molecule has 0 unspecified atom stereocenters. The molecule has 144 valence electrons. The lowest BCUT2D eigenvalue weighted by Crippen LogP contribution is -1.91. The number of nitrogens with zero attached hydrogens (tertiary/aromatic N) is 3. The second-order valence-corrected chi connectivity index (χ2v) is 7.95. The molecule has 3 aromatic carbocycles. The van der Waals surface area contributed by atoms with Gasteiger partial charge < -0.3 is 10.2 Å². The summed E-state index contributed by atoms with van der Waals surface area (Å²) in [6.07, 6.45) is 1.33. The minimum Gasteiger partial charge on any atom is -0.507 e. The van der Waals surface area contributed by atoms with Crippen molar-refractivity contribution in [2.75, 3.05) is 0 Å². The Labute approximate surface area is 176 Å². The molecule has 4 aromatic rings. The summed E-state index contributed by atoms with van der Waals surface area (Å²) >= 11 is 4.56. The van der Waals surface area contributed by atoms with Gasteiger partial charge in [0.1, 0.15) is 16.5 Å². The SMILES string of the molecule is O=[N+]([O-])c1cc(Br)c(O)c(C=Nc2ccc(O)c(-c3nc4ccccc4s3)c2)c1. The van der Waals surface area contributed by atoms with Crippen LogP contribution in [0.15, 0.2) is 64.1 Å². The van der Waals surface area contributed by atoms with Gasteiger partial charge in [0.05, 0.1) is 30.9 Å². The average Bonchev–Trinajstić information content (AvgIpc) is 3.13. The number of thiazole rings is 1. The number of nitro groups is 1. The van der Waals surface area contributed by atoms with Crippen molar-refractivity contribution >= 4 is 55.1 Å². The van der Waals surface area contributed by atoms with Crippen molar-refractivity contribution in [2.24, 2.45) is 4.99 Å². The van der Waals surface area contributed by atoms with Crippen molar-refractivity contribution < 1.29 is 15.1 Å². The third kappa shape index (κ3) is 3.82. The molecule has 0 aliphatic heterocycles. The Balaban J connectivity index is 1.72. The van der Waals surface area contributed by atoms with Gasteiger partial charge in [0.2, 0.25) is 0 Å². The van der Waals surface area contributed by atoms with Crippen molar-refractivity contribution in [2.45, 2.75) is 0 Å². The van der Waals surface area contributed by atoms with Crippen LogP contribution in [0.25, 0.3) is 20.8 Å². The van der Waals surface area contributed by atoms with Crippen molar-refractivity contribution in [3.63, 3.8) is 0 Å². The highest BCUT2D eigenvalue weighted by Crippen LogP contribution is 2.37. The van der Waals surface area contributed by atoms with Crippen LogP contribution in [0.3, 0.4) is 0 Å². The van der Waals surface area contributed by atoms with E-state index in [4.69, 9.17) is 0 Å². The zero-order chi connectivity index (χ0) is 20.5. The molecule has 0 radical (unpaired) electrons. The van der Waals surface area contributed by atoms with Gasteiger partial charge in [0.15, 0.2) is 0 Å². The lowest BCUT2D eigenvalue weighted by molar-refractivity contribution is -0.385. The number of hydrogen-bond donors (Lipinski definition) is 2. The molecule has 29 heavy (non-hydrogen) atoms. The van der Waals surface area contributed by atoms with Crippen molar-refractivity contribution in [3.05, 3.63) is 74.7 Å². The fourth-order valence-electron chi connectivity index (χ4n) is 2.72. The van der Waals surface area contributed by atoms with Gasteiger partial charge in [-0.2, -0.15) is 0 Å². The van der Waals surface area contributed by atoms with Crippen molar-refractivity contribution in [1.82, 2.24) is 4.98 Å². The van der Waals surface area contributed by atoms with Crippen LogP contribution < -0.4 is 0 Å². The average molecular weight is 470 g/mol. The number of hydrogen-bond acceptors (Lipinski definition) is 7. The van der Waals surface area contributed by atoms with E-state index in [-0.39, 0.29) is 27.2 Å². The monoisotopic (exact) mass is 469 g/mol. The minimum absolute atomic E-state index is 0.0731. The van der Waals surface area contributed by atoms with Crippen molar-refractivity contribution in [1.29, 1.82) is 0 Å². The molecular weight excluding hydrogens is 458 g/mol. The van der Waals surface area contributed by atoms with Gasteiger partial charge in [-0.15, -0.1) is 11.3 Å². The second kappa shape index (κ2) is 7.61. The first kappa shape index (κ1) is 19.0. The van der Waals surface area contributed by atoms with Gasteiger partial charge in [-0.05, 0) is 46.3 Å². The van der Waals surface area contributed by atoms with Crippen LogP contribution in [0.2, 0.25) is 0 Å². The van der Waals surface area contributed by atoms with Gasteiger partial charge in [-0.25, -0.2) is 4.98 Å². The molecule has 1 aromatic heterocycles. The molecule has 7 nitrogen and oxygen atoms in total. The molecule has 2 N–H and O–H groups in total. The van der Waals surface area contributed by atoms with E-state index in [0.29, 0.717) is 16.3 Å². The second-order valence-electron chi connectivity index (χ2n) is 6.07. The Kier molecular flexibility index (Phi) is 4.99. The number of rotatable bonds is 4. The Hall–Kier alpha value is -3.30. The molecule has 0 fully saturated rings. The number of nitro benzene ring substituents is 1. The largest absolute Gasteiger partial charge is 0.507 e. The Morgan fingerprint density at radius 2 is 1.93 bits per heavy atom. The van der Waals surface area contributed by atoms with Crippen LogP contribution in [-0.2, 0) is 0 Å². The van der Waals surface area contributed by atoms with Crippen molar-refractivity contribution in [3.8, 4) is 22.1 Å². The fraction of sp³-hybridized carbons (Fsp3) is 0. The highest BCUT2D eigenvalue weighted by Gasteiger charge is 2.14. The zero-order valence-electron chi connectivity index (χ0n) is 14.6. The maximum absolute atomic E-state index is 11.0. The fourth-order valence-corrected chi connectivity index (χ4v) is 4.17. The first-order valence-corrected chi connectivity index (χ1v) is 9.93. The molecule has 1 heterocycles. The number of phenolic OH excluding ortho intramolecular Hbond substituents is 2. The maximum atomic E-state index is 11.0. The minimum atomic E-state index is -0.548. The van der Waals surface area contributed by atoms with Crippen LogP contribution >= 0.6 is 27.3 Å². The Morgan fingerprint density at radius 1 is 1.14 bits per heavy atom.